The fourth-order valence-electron chi connectivity index (χ4n) is 5.87. The lowest BCUT2D eigenvalue weighted by molar-refractivity contribution is 0.102. The van der Waals surface area contributed by atoms with Gasteiger partial charge in [-0.05, 0) is 75.3 Å². The van der Waals surface area contributed by atoms with Crippen LogP contribution in [0.4, 0.5) is 29.2 Å². The zero-order chi connectivity index (χ0) is 33.7. The maximum absolute atomic E-state index is 16.2. The van der Waals surface area contributed by atoms with E-state index in [1.807, 2.05) is 0 Å². The molecule has 0 amide bonds. The van der Waals surface area contributed by atoms with Gasteiger partial charge in [-0.3, -0.25) is 4.72 Å². The van der Waals surface area contributed by atoms with Gasteiger partial charge in [0.15, 0.2) is 5.82 Å². The molecule has 2 aliphatic rings. The molecule has 2 fully saturated rings. The number of rotatable bonds is 10. The summed E-state index contributed by atoms with van der Waals surface area (Å²) in [6.07, 6.45) is 2.54. The summed E-state index contributed by atoms with van der Waals surface area (Å²) >= 11 is 0.961. The molecule has 0 atom stereocenters. The van der Waals surface area contributed by atoms with Crippen molar-refractivity contribution >= 4 is 42.8 Å². The van der Waals surface area contributed by atoms with E-state index < -0.39 is 59.2 Å². The number of sulfone groups is 1. The van der Waals surface area contributed by atoms with Gasteiger partial charge in [0.2, 0.25) is 12.4 Å². The molecular weight excluding hydrogens is 679 g/mol. The molecule has 0 bridgehead atoms. The molecule has 2 heterocycles. The van der Waals surface area contributed by atoms with Gasteiger partial charge in [-0.2, -0.15) is 0 Å². The molecule has 4 aromatic rings. The maximum atomic E-state index is 16.2. The Kier molecular flexibility index (Phi) is 8.80. The van der Waals surface area contributed by atoms with Gasteiger partial charge in [-0.1, -0.05) is 18.2 Å². The molecule has 16 heteroatoms. The Bertz CT molecular complexity index is 2030. The highest BCUT2D eigenvalue weighted by atomic mass is 32.2. The molecule has 0 saturated heterocycles. The fraction of sp³-hybridized carbons (Fsp3) is 0.387. The van der Waals surface area contributed by atoms with Gasteiger partial charge < -0.3 is 5.32 Å². The van der Waals surface area contributed by atoms with Gasteiger partial charge in [0.1, 0.15) is 25.6 Å². The number of nitrogens with one attached hydrogen (secondary N) is 2. The first kappa shape index (κ1) is 33.3. The Hall–Kier alpha value is -3.63. The summed E-state index contributed by atoms with van der Waals surface area (Å²) in [6, 6.07) is 9.12. The summed E-state index contributed by atoms with van der Waals surface area (Å²) in [4.78, 5) is 13.0. The quantitative estimate of drug-likeness (QED) is 0.174. The summed E-state index contributed by atoms with van der Waals surface area (Å²) in [6.45, 7) is 1.41. The highest BCUT2D eigenvalue weighted by Crippen LogP contribution is 2.56. The summed E-state index contributed by atoms with van der Waals surface area (Å²) in [5, 5.41) is 2.93. The first-order valence-electron chi connectivity index (χ1n) is 14.8. The Balaban J connectivity index is 1.36. The number of sulfonamides is 1. The van der Waals surface area contributed by atoms with Crippen molar-refractivity contribution in [3.63, 3.8) is 0 Å². The number of thiazole rings is 1. The van der Waals surface area contributed by atoms with E-state index in [0.29, 0.717) is 25.7 Å². The average molecular weight is 710 g/mol. The van der Waals surface area contributed by atoms with E-state index in [9.17, 15) is 30.0 Å². The maximum Gasteiger partial charge on any atom is 0.265 e. The van der Waals surface area contributed by atoms with Crippen LogP contribution >= 0.6 is 11.3 Å². The number of hydrogen-bond donors (Lipinski definition) is 2. The third kappa shape index (κ3) is 6.59. The minimum Gasteiger partial charge on any atom is -0.351 e. The average Bonchev–Trinajstić information content (AvgIpc) is 3.71. The first-order valence-corrected chi connectivity index (χ1v) is 19.1. The molecule has 2 aliphatic carbocycles. The molecule has 250 valence electrons. The number of alkyl halides is 2. The van der Waals surface area contributed by atoms with E-state index in [-0.39, 0.29) is 57.2 Å². The standard InChI is InChI=1S/C31H31F4N5O4S3/c1-17-5-3-7-21(32)27(17)47(43,44)40-22-8-4-6-20(24(22)33)25-26(45-29(39-25)31(14-15-31)28(34)35)23-13-16-36-30(38-23)37-18-9-11-19(12-10-18)46(2,41)42/h3-8,13,16,18-19,28,40H,9-12,14-15H2,1-2H3,(H,36,37,38). The van der Waals surface area contributed by atoms with E-state index in [4.69, 9.17) is 0 Å². The molecule has 0 aliphatic heterocycles. The lowest BCUT2D eigenvalue weighted by Gasteiger charge is -2.28. The lowest BCUT2D eigenvalue weighted by Crippen LogP contribution is -2.32. The van der Waals surface area contributed by atoms with Crippen LogP contribution in [0.15, 0.2) is 53.6 Å². The van der Waals surface area contributed by atoms with Crippen molar-refractivity contribution in [1.29, 1.82) is 0 Å². The summed E-state index contributed by atoms with van der Waals surface area (Å²) < 4.78 is 111. The van der Waals surface area contributed by atoms with Gasteiger partial charge in [0.25, 0.3) is 10.0 Å². The van der Waals surface area contributed by atoms with Crippen LogP contribution in [0.2, 0.25) is 0 Å². The first-order chi connectivity index (χ1) is 22.2. The molecule has 2 saturated carbocycles. The zero-order valence-electron chi connectivity index (χ0n) is 25.3. The van der Waals surface area contributed by atoms with Gasteiger partial charge >= 0.3 is 0 Å². The molecule has 0 unspecified atom stereocenters. The van der Waals surface area contributed by atoms with Crippen LogP contribution in [0.1, 0.15) is 49.1 Å². The summed E-state index contributed by atoms with van der Waals surface area (Å²) in [5.74, 6) is -1.80. The summed E-state index contributed by atoms with van der Waals surface area (Å²) in [7, 11) is -7.70. The number of halogens is 4. The van der Waals surface area contributed by atoms with Crippen molar-refractivity contribution < 1.29 is 34.4 Å². The van der Waals surface area contributed by atoms with Gasteiger partial charge in [-0.25, -0.2) is 49.3 Å². The van der Waals surface area contributed by atoms with E-state index >= 15 is 4.39 Å². The van der Waals surface area contributed by atoms with Crippen LogP contribution in [0.3, 0.4) is 0 Å². The van der Waals surface area contributed by atoms with Crippen LogP contribution in [0, 0.1) is 18.6 Å². The monoisotopic (exact) mass is 709 g/mol. The Morgan fingerprint density at radius 2 is 1.66 bits per heavy atom. The molecule has 47 heavy (non-hydrogen) atoms. The van der Waals surface area contributed by atoms with Crippen molar-refractivity contribution in [3.8, 4) is 21.8 Å². The number of anilines is 2. The Labute approximate surface area is 273 Å². The molecular formula is C31H31F4N5O4S3. The topological polar surface area (TPSA) is 131 Å². The second-order valence-electron chi connectivity index (χ2n) is 12.0. The number of aromatic nitrogens is 3. The third-order valence-electron chi connectivity index (χ3n) is 8.69. The smallest absolute Gasteiger partial charge is 0.265 e. The van der Waals surface area contributed by atoms with E-state index in [2.05, 4.69) is 25.0 Å². The minimum atomic E-state index is -4.55. The SMILES string of the molecule is Cc1cccc(F)c1S(=O)(=O)Nc1cccc(-c2nc(C3(C(F)F)CC3)sc2-c2ccnc(NC3CCC(S(C)(=O)=O)CC3)n2)c1F. The fourth-order valence-corrected chi connectivity index (χ4v) is 9.66. The second kappa shape index (κ2) is 12.4. The van der Waals surface area contributed by atoms with Crippen LogP contribution in [0.5, 0.6) is 0 Å². The van der Waals surface area contributed by atoms with Crippen LogP contribution < -0.4 is 10.0 Å². The Morgan fingerprint density at radius 1 is 0.957 bits per heavy atom. The van der Waals surface area contributed by atoms with E-state index in [1.165, 1.54) is 49.7 Å². The molecule has 2 aromatic carbocycles. The molecule has 2 N–H and O–H groups in total. The Morgan fingerprint density at radius 3 is 2.30 bits per heavy atom. The number of nitrogens with zero attached hydrogens (tertiary/aromatic N) is 3. The van der Waals surface area contributed by atoms with Gasteiger partial charge in [-0.15, -0.1) is 11.3 Å². The van der Waals surface area contributed by atoms with Crippen molar-refractivity contribution in [2.75, 3.05) is 16.3 Å². The largest absolute Gasteiger partial charge is 0.351 e. The van der Waals surface area contributed by atoms with Crippen LogP contribution in [-0.2, 0) is 25.3 Å². The van der Waals surface area contributed by atoms with Crippen molar-refractivity contribution in [3.05, 3.63) is 70.9 Å². The third-order valence-corrected chi connectivity index (χ3v) is 13.2. The molecule has 0 radical (unpaired) electrons. The molecule has 2 aromatic heterocycles. The van der Waals surface area contributed by atoms with E-state index in [0.717, 1.165) is 17.4 Å². The highest BCUT2D eigenvalue weighted by molar-refractivity contribution is 7.92. The zero-order valence-corrected chi connectivity index (χ0v) is 27.8. The minimum absolute atomic E-state index is 0.00384. The molecule has 9 nitrogen and oxygen atoms in total. The van der Waals surface area contributed by atoms with Crippen molar-refractivity contribution in [1.82, 2.24) is 15.0 Å². The van der Waals surface area contributed by atoms with Crippen molar-refractivity contribution in [2.45, 2.75) is 73.5 Å². The number of aryl methyl sites for hydroxylation is 1. The predicted octanol–water partition coefficient (Wildman–Crippen LogP) is 6.72. The normalized spacial score (nSPS) is 19.5. The van der Waals surface area contributed by atoms with Crippen LogP contribution in [-0.4, -0.2) is 55.8 Å². The lowest BCUT2D eigenvalue weighted by atomic mass is 9.95. The number of benzene rings is 2. The van der Waals surface area contributed by atoms with Crippen molar-refractivity contribution in [2.24, 2.45) is 0 Å². The molecule has 6 rings (SSSR count). The van der Waals surface area contributed by atoms with Gasteiger partial charge in [0, 0.05) is 24.1 Å². The second-order valence-corrected chi connectivity index (χ2v) is 17.0. The highest BCUT2D eigenvalue weighted by Gasteiger charge is 2.55. The predicted molar refractivity (Wildman–Crippen MR) is 172 cm³/mol. The molecule has 0 spiro atoms. The van der Waals surface area contributed by atoms with E-state index in [1.54, 1.807) is 6.07 Å². The van der Waals surface area contributed by atoms with Crippen LogP contribution in [0.25, 0.3) is 21.8 Å². The summed E-state index contributed by atoms with van der Waals surface area (Å²) in [5.41, 5.74) is -1.71. The number of hydrogen-bond acceptors (Lipinski definition) is 9. The van der Waals surface area contributed by atoms with Gasteiger partial charge in [0.05, 0.1) is 32.6 Å².